The van der Waals surface area contributed by atoms with Crippen LogP contribution in [-0.2, 0) is 11.3 Å². The summed E-state index contributed by atoms with van der Waals surface area (Å²) < 4.78 is 2.25. The number of aryl methyl sites for hydroxylation is 1. The van der Waals surface area contributed by atoms with Gasteiger partial charge in [0.15, 0.2) is 5.16 Å². The summed E-state index contributed by atoms with van der Waals surface area (Å²) in [5.74, 6) is -0.101. The third kappa shape index (κ3) is 4.59. The number of thioether (sulfide) groups is 1. The number of hydrogen-bond donors (Lipinski definition) is 1. The Bertz CT molecular complexity index is 1270. The Morgan fingerprint density at radius 1 is 1.17 bits per heavy atom. The fourth-order valence-electron chi connectivity index (χ4n) is 2.93. The van der Waals surface area contributed by atoms with Crippen LogP contribution in [0.15, 0.2) is 69.9 Å². The van der Waals surface area contributed by atoms with E-state index in [0.717, 1.165) is 11.1 Å². The van der Waals surface area contributed by atoms with Gasteiger partial charge in [-0.3, -0.25) is 14.2 Å². The topological polar surface area (TPSA) is 64.0 Å². The van der Waals surface area contributed by atoms with E-state index in [0.29, 0.717) is 32.6 Å². The lowest BCUT2D eigenvalue weighted by Crippen LogP contribution is -2.24. The van der Waals surface area contributed by atoms with Crippen LogP contribution >= 0.6 is 34.7 Å². The summed E-state index contributed by atoms with van der Waals surface area (Å²) >= 11 is 8.72. The number of thiophene rings is 1. The van der Waals surface area contributed by atoms with Crippen molar-refractivity contribution in [2.24, 2.45) is 0 Å². The average molecular weight is 456 g/mol. The largest absolute Gasteiger partial charge is 0.324 e. The molecule has 2 aromatic carbocycles. The monoisotopic (exact) mass is 455 g/mol. The summed E-state index contributed by atoms with van der Waals surface area (Å²) in [5, 5.41) is 5.64. The molecule has 30 heavy (non-hydrogen) atoms. The van der Waals surface area contributed by atoms with E-state index in [-0.39, 0.29) is 17.2 Å². The molecule has 2 heterocycles. The Kier molecular flexibility index (Phi) is 6.22. The highest BCUT2D eigenvalue weighted by Gasteiger charge is 2.15. The molecule has 0 bridgehead atoms. The maximum Gasteiger partial charge on any atom is 0.272 e. The highest BCUT2D eigenvalue weighted by molar-refractivity contribution is 7.99. The molecule has 5 nitrogen and oxygen atoms in total. The smallest absolute Gasteiger partial charge is 0.272 e. The van der Waals surface area contributed by atoms with Gasteiger partial charge in [-0.2, -0.15) is 0 Å². The van der Waals surface area contributed by atoms with Crippen molar-refractivity contribution in [2.45, 2.75) is 18.6 Å². The zero-order valence-corrected chi connectivity index (χ0v) is 18.5. The molecule has 1 N–H and O–H groups in total. The number of nitrogens with one attached hydrogen (secondary N) is 1. The van der Waals surface area contributed by atoms with Crippen molar-refractivity contribution in [3.63, 3.8) is 0 Å². The van der Waals surface area contributed by atoms with E-state index >= 15 is 0 Å². The SMILES string of the molecule is Cc1ccc(Cn2c(SCC(=O)Nc3ccccc3Cl)nc3ccsc3c2=O)cc1. The maximum atomic E-state index is 13.1. The summed E-state index contributed by atoms with van der Waals surface area (Å²) in [4.78, 5) is 30.1. The molecular weight excluding hydrogens is 438 g/mol. The molecule has 0 aliphatic carbocycles. The highest BCUT2D eigenvalue weighted by atomic mass is 35.5. The van der Waals surface area contributed by atoms with Gasteiger partial charge >= 0.3 is 0 Å². The first kappa shape index (κ1) is 20.7. The molecule has 0 unspecified atom stereocenters. The van der Waals surface area contributed by atoms with Crippen LogP contribution in [0.4, 0.5) is 5.69 Å². The van der Waals surface area contributed by atoms with E-state index in [1.807, 2.05) is 42.6 Å². The summed E-state index contributed by atoms with van der Waals surface area (Å²) in [7, 11) is 0. The van der Waals surface area contributed by atoms with Gasteiger partial charge in [0, 0.05) is 0 Å². The molecule has 2 aromatic heterocycles. The summed E-state index contributed by atoms with van der Waals surface area (Å²) in [6.07, 6.45) is 0. The Balaban J connectivity index is 1.59. The fraction of sp³-hybridized carbons (Fsp3) is 0.136. The Morgan fingerprint density at radius 3 is 2.70 bits per heavy atom. The minimum Gasteiger partial charge on any atom is -0.324 e. The number of anilines is 1. The molecule has 4 rings (SSSR count). The minimum absolute atomic E-state index is 0.0930. The van der Waals surface area contributed by atoms with Crippen molar-refractivity contribution in [1.29, 1.82) is 0 Å². The van der Waals surface area contributed by atoms with Crippen molar-refractivity contribution in [2.75, 3.05) is 11.1 Å². The fourth-order valence-corrected chi connectivity index (χ4v) is 4.69. The molecule has 0 atom stereocenters. The number of para-hydroxylation sites is 1. The van der Waals surface area contributed by atoms with E-state index in [2.05, 4.69) is 10.3 Å². The Morgan fingerprint density at radius 2 is 1.93 bits per heavy atom. The van der Waals surface area contributed by atoms with Crippen LogP contribution in [0.25, 0.3) is 10.2 Å². The Labute approximate surface area is 186 Å². The molecule has 0 radical (unpaired) electrons. The van der Waals surface area contributed by atoms with Crippen LogP contribution in [0.2, 0.25) is 5.02 Å². The zero-order chi connectivity index (χ0) is 21.1. The van der Waals surface area contributed by atoms with E-state index in [9.17, 15) is 9.59 Å². The number of carbonyl (C=O) groups is 1. The number of fused-ring (bicyclic) bond motifs is 1. The van der Waals surface area contributed by atoms with E-state index in [4.69, 9.17) is 11.6 Å². The first-order chi connectivity index (χ1) is 14.5. The van der Waals surface area contributed by atoms with Crippen LogP contribution in [0.3, 0.4) is 0 Å². The molecule has 0 spiro atoms. The molecule has 0 fully saturated rings. The summed E-state index contributed by atoms with van der Waals surface area (Å²) in [6, 6.07) is 16.9. The number of hydrogen-bond acceptors (Lipinski definition) is 5. The van der Waals surface area contributed by atoms with Crippen LogP contribution in [0.1, 0.15) is 11.1 Å². The number of nitrogens with zero attached hydrogens (tertiary/aromatic N) is 2. The quantitative estimate of drug-likeness (QED) is 0.320. The average Bonchev–Trinajstić information content (AvgIpc) is 3.21. The van der Waals surface area contributed by atoms with Gasteiger partial charge in [-0.15, -0.1) is 11.3 Å². The van der Waals surface area contributed by atoms with E-state index in [1.54, 1.807) is 28.8 Å². The lowest BCUT2D eigenvalue weighted by atomic mass is 10.1. The van der Waals surface area contributed by atoms with Crippen molar-refractivity contribution in [1.82, 2.24) is 9.55 Å². The lowest BCUT2D eigenvalue weighted by Gasteiger charge is -2.12. The molecule has 0 saturated carbocycles. The van der Waals surface area contributed by atoms with Crippen LogP contribution in [0, 0.1) is 6.92 Å². The third-order valence-electron chi connectivity index (χ3n) is 4.47. The minimum atomic E-state index is -0.213. The van der Waals surface area contributed by atoms with Crippen molar-refractivity contribution >= 4 is 56.5 Å². The molecule has 0 aliphatic heterocycles. The molecule has 1 amide bonds. The van der Waals surface area contributed by atoms with Crippen LogP contribution < -0.4 is 10.9 Å². The molecule has 0 aliphatic rings. The molecule has 0 saturated heterocycles. The highest BCUT2D eigenvalue weighted by Crippen LogP contribution is 2.24. The van der Waals surface area contributed by atoms with Gasteiger partial charge in [0.05, 0.1) is 28.5 Å². The Hall–Kier alpha value is -2.61. The number of halogens is 1. The molecular formula is C22H18ClN3O2S2. The second-order valence-electron chi connectivity index (χ2n) is 6.72. The number of benzene rings is 2. The standard InChI is InChI=1S/C22H18ClN3O2S2/c1-14-6-8-15(9-7-14)12-26-21(28)20-18(10-11-29-20)25-22(26)30-13-19(27)24-17-5-3-2-4-16(17)23/h2-11H,12-13H2,1H3,(H,24,27). The van der Waals surface area contributed by atoms with Gasteiger partial charge in [0.25, 0.3) is 5.56 Å². The van der Waals surface area contributed by atoms with Gasteiger partial charge in [0.1, 0.15) is 4.70 Å². The van der Waals surface area contributed by atoms with Gasteiger partial charge < -0.3 is 5.32 Å². The number of amides is 1. The second-order valence-corrected chi connectivity index (χ2v) is 8.99. The van der Waals surface area contributed by atoms with E-state index in [1.165, 1.54) is 23.1 Å². The number of rotatable bonds is 6. The van der Waals surface area contributed by atoms with Gasteiger partial charge in [-0.05, 0) is 36.1 Å². The summed E-state index contributed by atoms with van der Waals surface area (Å²) in [6.45, 7) is 2.42. The van der Waals surface area contributed by atoms with Crippen molar-refractivity contribution in [3.8, 4) is 0 Å². The summed E-state index contributed by atoms with van der Waals surface area (Å²) in [5.41, 5.74) is 3.28. The number of aromatic nitrogens is 2. The van der Waals surface area contributed by atoms with Gasteiger partial charge in [0.2, 0.25) is 5.91 Å². The van der Waals surface area contributed by atoms with E-state index < -0.39 is 0 Å². The molecule has 8 heteroatoms. The van der Waals surface area contributed by atoms with Crippen molar-refractivity contribution in [3.05, 3.63) is 86.5 Å². The predicted octanol–water partition coefficient (Wildman–Crippen LogP) is 5.20. The maximum absolute atomic E-state index is 13.1. The molecule has 4 aromatic rings. The van der Waals surface area contributed by atoms with Crippen molar-refractivity contribution < 1.29 is 4.79 Å². The predicted molar refractivity (Wildman–Crippen MR) is 125 cm³/mol. The van der Waals surface area contributed by atoms with Crippen LogP contribution in [-0.4, -0.2) is 21.2 Å². The first-order valence-corrected chi connectivity index (χ1v) is 11.5. The van der Waals surface area contributed by atoms with Crippen LogP contribution in [0.5, 0.6) is 0 Å². The zero-order valence-electron chi connectivity index (χ0n) is 16.1. The third-order valence-corrected chi connectivity index (χ3v) is 6.67. The molecule has 152 valence electrons. The van der Waals surface area contributed by atoms with Gasteiger partial charge in [-0.25, -0.2) is 4.98 Å². The lowest BCUT2D eigenvalue weighted by molar-refractivity contribution is -0.113. The first-order valence-electron chi connectivity index (χ1n) is 9.22. The second kappa shape index (κ2) is 9.04. The van der Waals surface area contributed by atoms with Gasteiger partial charge in [-0.1, -0.05) is 65.3 Å². The normalized spacial score (nSPS) is 11.0. The number of carbonyl (C=O) groups excluding carboxylic acids is 1.